The second-order valence-electron chi connectivity index (χ2n) is 11.8. The van der Waals surface area contributed by atoms with Crippen molar-refractivity contribution in [3.8, 4) is 28.9 Å². The number of hydrogen-bond donors (Lipinski definition) is 0. The van der Waals surface area contributed by atoms with Gasteiger partial charge in [0.25, 0.3) is 0 Å². The number of para-hydroxylation sites is 1. The minimum atomic E-state index is -0.498. The van der Waals surface area contributed by atoms with Gasteiger partial charge in [-0.25, -0.2) is 13.9 Å². The average molecular weight is 628 g/mol. The Balaban J connectivity index is 1.36. The lowest BCUT2D eigenvalue weighted by molar-refractivity contribution is 0.606. The minimum Gasteiger partial charge on any atom is -0.436 e. The predicted molar refractivity (Wildman–Crippen MR) is 183 cm³/mol. The van der Waals surface area contributed by atoms with Crippen LogP contribution < -0.4 is 5.69 Å². The molecule has 3 aromatic carbocycles. The van der Waals surface area contributed by atoms with Crippen molar-refractivity contribution in [2.75, 3.05) is 0 Å². The number of benzene rings is 3. The molecule has 0 saturated heterocycles. The van der Waals surface area contributed by atoms with Crippen molar-refractivity contribution < 1.29 is 8.81 Å². The van der Waals surface area contributed by atoms with Crippen molar-refractivity contribution in [2.24, 2.45) is 0 Å². The van der Waals surface area contributed by atoms with Crippen LogP contribution in [0.15, 0.2) is 94.4 Å². The van der Waals surface area contributed by atoms with Gasteiger partial charge in [-0.05, 0) is 61.1 Å². The summed E-state index contributed by atoms with van der Waals surface area (Å²) >= 11 is 0. The third kappa shape index (κ3) is 7.58. The van der Waals surface area contributed by atoms with E-state index < -0.39 is 11.5 Å². The van der Waals surface area contributed by atoms with E-state index in [9.17, 15) is 9.18 Å². The zero-order chi connectivity index (χ0) is 32.6. The lowest BCUT2D eigenvalue weighted by atomic mass is 10.0. The van der Waals surface area contributed by atoms with Crippen LogP contribution in [0.5, 0.6) is 0 Å². The third-order valence-electron chi connectivity index (χ3n) is 8.27. The fourth-order valence-electron chi connectivity index (χ4n) is 5.61. The van der Waals surface area contributed by atoms with Gasteiger partial charge in [0.05, 0.1) is 23.7 Å². The average Bonchev–Trinajstić information content (AvgIpc) is 3.69. The summed E-state index contributed by atoms with van der Waals surface area (Å²) in [4.78, 5) is 17.4. The van der Waals surface area contributed by atoms with Crippen molar-refractivity contribution >= 4 is 11.1 Å². The molecule has 0 radical (unpaired) electrons. The molecule has 0 bridgehead atoms. The van der Waals surface area contributed by atoms with Crippen LogP contribution in [-0.2, 0) is 19.4 Å². The zero-order valence-electron chi connectivity index (χ0n) is 26.9. The van der Waals surface area contributed by atoms with Crippen LogP contribution in [0, 0.1) is 17.7 Å². The highest BCUT2D eigenvalue weighted by Crippen LogP contribution is 2.32. The molecule has 0 unspecified atom stereocenters. The highest BCUT2D eigenvalue weighted by molar-refractivity contribution is 5.89. The summed E-state index contributed by atoms with van der Waals surface area (Å²) in [6.45, 7) is 4.51. The second kappa shape index (κ2) is 14.9. The Kier molecular flexibility index (Phi) is 10.0. The number of aromatic nitrogens is 5. The molecule has 6 rings (SSSR count). The predicted octanol–water partition coefficient (Wildman–Crippen LogP) is 8.29. The fourth-order valence-corrected chi connectivity index (χ4v) is 5.61. The summed E-state index contributed by atoms with van der Waals surface area (Å²) in [5.74, 6) is 6.81. The molecule has 0 aliphatic heterocycles. The molecule has 0 aliphatic carbocycles. The molecule has 0 saturated carbocycles. The largest absolute Gasteiger partial charge is 0.436 e. The Hall–Kier alpha value is -5.29. The Morgan fingerprint density at radius 2 is 1.49 bits per heavy atom. The Bertz CT molecular complexity index is 2080. The van der Waals surface area contributed by atoms with Gasteiger partial charge in [-0.15, -0.1) is 5.10 Å². The second-order valence-corrected chi connectivity index (χ2v) is 11.8. The molecule has 0 N–H and O–H groups in total. The first-order valence-electron chi connectivity index (χ1n) is 16.4. The molecule has 0 spiro atoms. The van der Waals surface area contributed by atoms with Crippen molar-refractivity contribution in [3.63, 3.8) is 0 Å². The van der Waals surface area contributed by atoms with E-state index >= 15 is 0 Å². The highest BCUT2D eigenvalue weighted by atomic mass is 19.1. The SMILES string of the molecule is CCCCCc1ccc(C#Cc2c(-c3ccc(CCCCC)cc3)oc3nc(=O)n(Cc4cn(-c5ccccc5F)nn4)cc23)cc1. The molecular weight excluding hydrogens is 589 g/mol. The summed E-state index contributed by atoms with van der Waals surface area (Å²) in [6, 6.07) is 23.0. The summed E-state index contributed by atoms with van der Waals surface area (Å²) in [7, 11) is 0. The van der Waals surface area contributed by atoms with E-state index in [1.54, 1.807) is 30.6 Å². The molecule has 3 aromatic heterocycles. The lowest BCUT2D eigenvalue weighted by Gasteiger charge is -2.03. The summed E-state index contributed by atoms with van der Waals surface area (Å²) in [5, 5.41) is 8.86. The molecule has 3 heterocycles. The van der Waals surface area contributed by atoms with Gasteiger partial charge in [0.15, 0.2) is 5.76 Å². The molecule has 7 nitrogen and oxygen atoms in total. The molecule has 0 aliphatic rings. The van der Waals surface area contributed by atoms with E-state index in [0.717, 1.165) is 30.4 Å². The van der Waals surface area contributed by atoms with E-state index in [-0.39, 0.29) is 17.9 Å². The maximum Gasteiger partial charge on any atom is 0.351 e. The maximum absolute atomic E-state index is 14.3. The van der Waals surface area contributed by atoms with Crippen molar-refractivity contribution in [1.82, 2.24) is 24.5 Å². The number of fused-ring (bicyclic) bond motifs is 1. The zero-order valence-corrected chi connectivity index (χ0v) is 26.9. The van der Waals surface area contributed by atoms with Gasteiger partial charge in [-0.3, -0.25) is 4.57 Å². The van der Waals surface area contributed by atoms with Crippen LogP contribution >= 0.6 is 0 Å². The van der Waals surface area contributed by atoms with Crippen LogP contribution in [-0.4, -0.2) is 24.5 Å². The number of nitrogens with zero attached hydrogens (tertiary/aromatic N) is 5. The maximum atomic E-state index is 14.3. The Morgan fingerprint density at radius 1 is 0.809 bits per heavy atom. The molecule has 0 fully saturated rings. The fraction of sp³-hybridized carbons (Fsp3) is 0.282. The molecule has 47 heavy (non-hydrogen) atoms. The number of hydrogen-bond acceptors (Lipinski definition) is 5. The van der Waals surface area contributed by atoms with Crippen LogP contribution in [0.2, 0.25) is 0 Å². The monoisotopic (exact) mass is 627 g/mol. The smallest absolute Gasteiger partial charge is 0.351 e. The Labute approximate surface area is 274 Å². The molecule has 0 amide bonds. The van der Waals surface area contributed by atoms with Gasteiger partial charge in [0.2, 0.25) is 5.71 Å². The summed E-state index contributed by atoms with van der Waals surface area (Å²) in [5.41, 5.74) is 5.46. The van der Waals surface area contributed by atoms with E-state index in [4.69, 9.17) is 4.42 Å². The highest BCUT2D eigenvalue weighted by Gasteiger charge is 2.19. The topological polar surface area (TPSA) is 78.7 Å². The first kappa shape index (κ1) is 31.7. The van der Waals surface area contributed by atoms with Crippen molar-refractivity contribution in [1.29, 1.82) is 0 Å². The number of halogens is 1. The summed E-state index contributed by atoms with van der Waals surface area (Å²) < 4.78 is 23.4. The molecule has 6 aromatic rings. The van der Waals surface area contributed by atoms with E-state index in [1.165, 1.54) is 58.5 Å². The van der Waals surface area contributed by atoms with E-state index in [0.29, 0.717) is 22.4 Å². The first-order chi connectivity index (χ1) is 23.0. The van der Waals surface area contributed by atoms with Crippen LogP contribution in [0.25, 0.3) is 28.1 Å². The minimum absolute atomic E-state index is 0.0928. The van der Waals surface area contributed by atoms with Gasteiger partial charge in [-0.1, -0.05) is 105 Å². The molecule has 0 atom stereocenters. The first-order valence-corrected chi connectivity index (χ1v) is 16.4. The van der Waals surface area contributed by atoms with Gasteiger partial charge in [0.1, 0.15) is 17.2 Å². The number of aryl methyl sites for hydroxylation is 2. The number of rotatable bonds is 12. The molecule has 238 valence electrons. The number of furan rings is 1. The van der Waals surface area contributed by atoms with Gasteiger partial charge >= 0.3 is 5.69 Å². The number of unbranched alkanes of at least 4 members (excludes halogenated alkanes) is 4. The third-order valence-corrected chi connectivity index (χ3v) is 8.27. The molecular formula is C39H38FN5O2. The van der Waals surface area contributed by atoms with Gasteiger partial charge in [0, 0.05) is 17.3 Å². The van der Waals surface area contributed by atoms with Gasteiger partial charge in [-0.2, -0.15) is 4.98 Å². The van der Waals surface area contributed by atoms with Crippen LogP contribution in [0.4, 0.5) is 4.39 Å². The van der Waals surface area contributed by atoms with Crippen LogP contribution in [0.1, 0.15) is 80.3 Å². The Morgan fingerprint density at radius 3 is 2.17 bits per heavy atom. The normalized spacial score (nSPS) is 11.1. The van der Waals surface area contributed by atoms with Gasteiger partial charge < -0.3 is 4.42 Å². The van der Waals surface area contributed by atoms with Crippen molar-refractivity contribution in [2.45, 2.75) is 71.8 Å². The quantitative estimate of drug-likeness (QED) is 0.101. The standard InChI is InChI=1S/C39H38FN5O2/c1-3-5-7-11-28-15-17-30(18-16-28)21-24-33-34-27-44(25-32-26-45(43-42-32)36-14-10-9-13-35(36)40)39(46)41-38(34)47-37(33)31-22-19-29(20-23-31)12-8-6-4-2/h9-10,13-20,22-23,26-27H,3-8,11-12,25H2,1-2H3. The van der Waals surface area contributed by atoms with Crippen molar-refractivity contribution in [3.05, 3.63) is 129 Å². The lowest BCUT2D eigenvalue weighted by Crippen LogP contribution is -2.22. The summed E-state index contributed by atoms with van der Waals surface area (Å²) in [6.07, 6.45) is 12.5. The van der Waals surface area contributed by atoms with Crippen LogP contribution in [0.3, 0.4) is 0 Å². The molecule has 8 heteroatoms. The van der Waals surface area contributed by atoms with E-state index in [2.05, 4.69) is 65.2 Å². The van der Waals surface area contributed by atoms with E-state index in [1.807, 2.05) is 24.3 Å².